The molecule has 2 N–H and O–H groups in total. The standard InChI is InChI=1S/C26H24ClF3N4O4S/c1-38-24(37)19-15(10-34-16-7-12(9-18(35)36)8-17(34)26(30)11-25(16,26)29)32-22(23-31-5-6-39-23)33-21(19)13-3-2-4-14(28)20(13)27/h2-6,12,16-17,21H,7-11H2,1H3,(H,32,33)(H,35,36)/t12-,16+,17-,21-,25?,26?/m0/s1. The summed E-state index contributed by atoms with van der Waals surface area (Å²) in [6.45, 7) is -0.0648. The highest BCUT2D eigenvalue weighted by atomic mass is 35.5. The van der Waals surface area contributed by atoms with Gasteiger partial charge in [-0.25, -0.2) is 22.9 Å². The number of fused-ring (bicyclic) bond motifs is 5. The lowest BCUT2D eigenvalue weighted by Gasteiger charge is -2.42. The highest BCUT2D eigenvalue weighted by molar-refractivity contribution is 7.11. The molecular weight excluding hydrogens is 557 g/mol. The van der Waals surface area contributed by atoms with E-state index in [1.165, 1.54) is 30.6 Å². The second kappa shape index (κ2) is 9.31. The Balaban J connectivity index is 1.43. The molecule has 1 aliphatic carbocycles. The number of rotatable bonds is 7. The average molecular weight is 581 g/mol. The van der Waals surface area contributed by atoms with Crippen LogP contribution in [-0.2, 0) is 14.3 Å². The van der Waals surface area contributed by atoms with Gasteiger partial charge in [-0.2, -0.15) is 0 Å². The van der Waals surface area contributed by atoms with Gasteiger partial charge in [0.1, 0.15) is 11.9 Å². The van der Waals surface area contributed by atoms with Crippen molar-refractivity contribution in [2.45, 2.75) is 55.1 Å². The molecule has 2 aromatic rings. The highest BCUT2D eigenvalue weighted by Crippen LogP contribution is 2.70. The van der Waals surface area contributed by atoms with E-state index in [-0.39, 0.29) is 60.0 Å². The van der Waals surface area contributed by atoms with E-state index in [9.17, 15) is 19.1 Å². The molecule has 0 spiro atoms. The molecule has 2 bridgehead atoms. The summed E-state index contributed by atoms with van der Waals surface area (Å²) in [6.07, 6.45) is 1.54. The van der Waals surface area contributed by atoms with Crippen LogP contribution in [0.15, 0.2) is 46.0 Å². The molecule has 206 valence electrons. The van der Waals surface area contributed by atoms with Crippen molar-refractivity contribution in [3.8, 4) is 0 Å². The molecule has 0 amide bonds. The summed E-state index contributed by atoms with van der Waals surface area (Å²) in [5.74, 6) is -2.52. The van der Waals surface area contributed by atoms with E-state index >= 15 is 8.78 Å². The Morgan fingerprint density at radius 1 is 1.28 bits per heavy atom. The van der Waals surface area contributed by atoms with Gasteiger partial charge in [0, 0.05) is 54.3 Å². The van der Waals surface area contributed by atoms with E-state index in [1.807, 2.05) is 0 Å². The number of amidine groups is 1. The molecule has 1 aromatic carbocycles. The molecule has 13 heteroatoms. The maximum absolute atomic E-state index is 15.8. The van der Waals surface area contributed by atoms with Crippen LogP contribution in [0.2, 0.25) is 5.02 Å². The molecule has 6 atom stereocenters. The van der Waals surface area contributed by atoms with Crippen LogP contribution in [0.1, 0.15) is 42.3 Å². The first kappa shape index (κ1) is 26.3. The Bertz CT molecular complexity index is 1400. The molecule has 2 unspecified atom stereocenters. The normalized spacial score (nSPS) is 33.3. The van der Waals surface area contributed by atoms with Crippen molar-refractivity contribution < 1.29 is 32.6 Å². The van der Waals surface area contributed by atoms with Crippen molar-refractivity contribution in [3.05, 3.63) is 62.5 Å². The smallest absolute Gasteiger partial charge is 0.338 e. The van der Waals surface area contributed by atoms with Crippen molar-refractivity contribution in [1.29, 1.82) is 0 Å². The third kappa shape index (κ3) is 4.06. The number of esters is 1. The second-order valence-corrected chi connectivity index (χ2v) is 11.7. The summed E-state index contributed by atoms with van der Waals surface area (Å²) in [5, 5.41) is 14.4. The van der Waals surface area contributed by atoms with Gasteiger partial charge in [0.2, 0.25) is 0 Å². The van der Waals surface area contributed by atoms with E-state index in [2.05, 4.69) is 15.3 Å². The summed E-state index contributed by atoms with van der Waals surface area (Å²) in [7, 11) is 1.20. The lowest BCUT2D eigenvalue weighted by molar-refractivity contribution is -0.139. The number of aliphatic imine (C=N–C) groups is 1. The molecule has 1 saturated carbocycles. The van der Waals surface area contributed by atoms with Gasteiger partial charge >= 0.3 is 11.9 Å². The van der Waals surface area contributed by atoms with E-state index < -0.39 is 47.2 Å². The zero-order valence-corrected chi connectivity index (χ0v) is 22.2. The Hall–Kier alpha value is -2.96. The predicted molar refractivity (Wildman–Crippen MR) is 137 cm³/mol. The number of benzene rings is 1. The number of aromatic nitrogens is 1. The van der Waals surface area contributed by atoms with Gasteiger partial charge < -0.3 is 15.2 Å². The SMILES string of the molecule is COC(=O)C1=C(CN2[C@H]3C[C@@H](CC(=O)O)C[C@@H]2C2(F)CC32F)NC(c2nccs2)=N[C@H]1c1cccc(F)c1Cl. The maximum Gasteiger partial charge on any atom is 0.338 e. The second-order valence-electron chi connectivity index (χ2n) is 10.4. The molecule has 3 fully saturated rings. The first-order valence-corrected chi connectivity index (χ1v) is 13.7. The van der Waals surface area contributed by atoms with Crippen LogP contribution < -0.4 is 5.32 Å². The van der Waals surface area contributed by atoms with E-state index in [4.69, 9.17) is 16.3 Å². The Morgan fingerprint density at radius 2 is 2.00 bits per heavy atom. The quantitative estimate of drug-likeness (QED) is 0.473. The monoisotopic (exact) mass is 580 g/mol. The fourth-order valence-electron chi connectivity index (χ4n) is 6.53. The zero-order valence-electron chi connectivity index (χ0n) is 20.7. The van der Waals surface area contributed by atoms with Gasteiger partial charge in [0.15, 0.2) is 22.2 Å². The van der Waals surface area contributed by atoms with Crippen molar-refractivity contribution in [3.63, 3.8) is 0 Å². The van der Waals surface area contributed by atoms with Crippen molar-refractivity contribution in [1.82, 2.24) is 15.2 Å². The summed E-state index contributed by atoms with van der Waals surface area (Å²) in [4.78, 5) is 35.1. The Labute approximate surface area is 230 Å². The van der Waals surface area contributed by atoms with E-state index in [1.54, 1.807) is 22.5 Å². The number of alkyl halides is 2. The third-order valence-electron chi connectivity index (χ3n) is 8.30. The number of thiazole rings is 1. The highest BCUT2D eigenvalue weighted by Gasteiger charge is 2.85. The Kier molecular flexibility index (Phi) is 6.27. The summed E-state index contributed by atoms with van der Waals surface area (Å²) < 4.78 is 51.2. The number of halogens is 4. The van der Waals surface area contributed by atoms with Crippen LogP contribution in [0.3, 0.4) is 0 Å². The van der Waals surface area contributed by atoms with Crippen LogP contribution in [0.4, 0.5) is 13.2 Å². The lowest BCUT2D eigenvalue weighted by atomic mass is 9.84. The molecule has 0 radical (unpaired) electrons. The predicted octanol–water partition coefficient (Wildman–Crippen LogP) is 4.21. The number of carbonyl (C=O) groups excluding carboxylic acids is 1. The molecular formula is C26H24ClF3N4O4S. The molecule has 1 aromatic heterocycles. The number of hydrogen-bond donors (Lipinski definition) is 2. The number of piperidine rings is 2. The number of hydrogen-bond acceptors (Lipinski definition) is 8. The first-order chi connectivity index (χ1) is 18.6. The minimum absolute atomic E-state index is 0.0341. The molecule has 3 aliphatic heterocycles. The number of ether oxygens (including phenoxy) is 1. The molecule has 4 aliphatic rings. The number of nitrogens with zero attached hydrogens (tertiary/aromatic N) is 3. The van der Waals surface area contributed by atoms with Crippen LogP contribution in [-0.4, -0.2) is 69.8 Å². The van der Waals surface area contributed by atoms with Gasteiger partial charge in [-0.1, -0.05) is 23.7 Å². The summed E-state index contributed by atoms with van der Waals surface area (Å²) in [6, 6.07) is 1.38. The van der Waals surface area contributed by atoms with Crippen LogP contribution in [0.5, 0.6) is 0 Å². The zero-order chi connectivity index (χ0) is 27.7. The van der Waals surface area contributed by atoms with Gasteiger partial charge in [-0.15, -0.1) is 11.3 Å². The third-order valence-corrected chi connectivity index (χ3v) is 9.48. The average Bonchev–Trinajstić information content (AvgIpc) is 3.20. The van der Waals surface area contributed by atoms with Gasteiger partial charge in [-0.05, 0) is 24.8 Å². The number of carboxylic acid groups (broad SMARTS) is 1. The fourth-order valence-corrected chi connectivity index (χ4v) is 7.34. The van der Waals surface area contributed by atoms with E-state index in [0.717, 1.165) is 0 Å². The number of carbonyl (C=O) groups is 2. The summed E-state index contributed by atoms with van der Waals surface area (Å²) >= 11 is 7.60. The van der Waals surface area contributed by atoms with Gasteiger partial charge in [0.25, 0.3) is 0 Å². The maximum atomic E-state index is 15.8. The van der Waals surface area contributed by atoms with Crippen LogP contribution >= 0.6 is 22.9 Å². The van der Waals surface area contributed by atoms with Crippen LogP contribution in [0, 0.1) is 11.7 Å². The van der Waals surface area contributed by atoms with Crippen molar-refractivity contribution in [2.24, 2.45) is 10.9 Å². The molecule has 6 rings (SSSR count). The lowest BCUT2D eigenvalue weighted by Crippen LogP contribution is -2.52. The number of aliphatic carboxylic acids is 1. The topological polar surface area (TPSA) is 104 Å². The number of nitrogens with one attached hydrogen (secondary N) is 1. The summed E-state index contributed by atoms with van der Waals surface area (Å²) in [5.41, 5.74) is -3.62. The molecule has 39 heavy (non-hydrogen) atoms. The van der Waals surface area contributed by atoms with Crippen LogP contribution in [0.25, 0.3) is 0 Å². The van der Waals surface area contributed by atoms with E-state index in [0.29, 0.717) is 10.8 Å². The molecule has 8 nitrogen and oxygen atoms in total. The van der Waals surface area contributed by atoms with Crippen molar-refractivity contribution >= 4 is 40.7 Å². The minimum atomic E-state index is -2.08. The Morgan fingerprint density at radius 3 is 2.62 bits per heavy atom. The van der Waals surface area contributed by atoms with Gasteiger partial charge in [0.05, 0.1) is 17.7 Å². The minimum Gasteiger partial charge on any atom is -0.481 e. The molecule has 2 saturated heterocycles. The largest absolute Gasteiger partial charge is 0.481 e. The molecule has 4 heterocycles. The number of methoxy groups -OCH3 is 1. The number of carboxylic acids is 1. The van der Waals surface area contributed by atoms with Gasteiger partial charge in [-0.3, -0.25) is 14.7 Å². The van der Waals surface area contributed by atoms with Crippen molar-refractivity contribution in [2.75, 3.05) is 13.7 Å². The fraction of sp³-hybridized carbons (Fsp3) is 0.462. The first-order valence-electron chi connectivity index (χ1n) is 12.4.